The second-order valence-corrected chi connectivity index (χ2v) is 5.81. The first-order valence-corrected chi connectivity index (χ1v) is 7.99. The summed E-state index contributed by atoms with van der Waals surface area (Å²) in [5.74, 6) is -0.770. The second-order valence-electron chi connectivity index (χ2n) is 5.81. The maximum atomic E-state index is 11.9. The van der Waals surface area contributed by atoms with Crippen LogP contribution >= 0.6 is 0 Å². The first-order valence-electron chi connectivity index (χ1n) is 7.99. The Morgan fingerprint density at radius 1 is 1.28 bits per heavy atom. The minimum Gasteiger partial charge on any atom is -0.550 e. The van der Waals surface area contributed by atoms with Gasteiger partial charge in [0.05, 0.1) is 0 Å². The summed E-state index contributed by atoms with van der Waals surface area (Å²) in [5.41, 5.74) is 2.00. The summed E-state index contributed by atoms with van der Waals surface area (Å²) in [6.07, 6.45) is 2.17. The summed E-state index contributed by atoms with van der Waals surface area (Å²) in [7, 11) is 0. The number of aliphatic carboxylic acids is 1. The summed E-state index contributed by atoms with van der Waals surface area (Å²) < 4.78 is 1.71. The number of hydrogen-bond acceptors (Lipinski definition) is 6. The third-order valence-corrected chi connectivity index (χ3v) is 3.79. The molecule has 25 heavy (non-hydrogen) atoms. The normalized spacial score (nSPS) is 15.7. The van der Waals surface area contributed by atoms with Gasteiger partial charge >= 0.3 is 0 Å². The lowest BCUT2D eigenvalue weighted by molar-refractivity contribution is -0.305. The third kappa shape index (κ3) is 4.03. The monoisotopic (exact) mass is 340 g/mol. The Kier molecular flexibility index (Phi) is 4.78. The SMILES string of the molecule is CC1=C[C@@H](c2ccccc2)n2nc(NC(=O)CCCC(=O)[O-])nc2N1. The van der Waals surface area contributed by atoms with Crippen LogP contribution in [0.1, 0.15) is 37.8 Å². The molecular formula is C17H18N5O3-. The van der Waals surface area contributed by atoms with Crippen LogP contribution in [0.3, 0.4) is 0 Å². The summed E-state index contributed by atoms with van der Waals surface area (Å²) in [6, 6.07) is 9.75. The molecule has 1 aliphatic heterocycles. The van der Waals surface area contributed by atoms with E-state index in [4.69, 9.17) is 0 Å². The number of carbonyl (C=O) groups excluding carboxylic acids is 2. The smallest absolute Gasteiger partial charge is 0.250 e. The van der Waals surface area contributed by atoms with Gasteiger partial charge in [0.25, 0.3) is 5.95 Å². The van der Waals surface area contributed by atoms with E-state index in [1.807, 2.05) is 43.3 Å². The predicted octanol–water partition coefficient (Wildman–Crippen LogP) is 1.06. The number of allylic oxidation sites excluding steroid dienone is 2. The summed E-state index contributed by atoms with van der Waals surface area (Å²) in [4.78, 5) is 26.6. The first kappa shape index (κ1) is 16.7. The van der Waals surface area contributed by atoms with Crippen molar-refractivity contribution in [3.05, 3.63) is 47.7 Å². The fourth-order valence-electron chi connectivity index (χ4n) is 2.65. The Morgan fingerprint density at radius 2 is 2.04 bits per heavy atom. The predicted molar refractivity (Wildman–Crippen MR) is 89.5 cm³/mol. The molecule has 0 radical (unpaired) electrons. The van der Waals surface area contributed by atoms with Gasteiger partial charge in [0, 0.05) is 18.1 Å². The Labute approximate surface area is 144 Å². The van der Waals surface area contributed by atoms with Crippen LogP contribution in [0.5, 0.6) is 0 Å². The number of nitrogens with zero attached hydrogens (tertiary/aromatic N) is 3. The lowest BCUT2D eigenvalue weighted by atomic mass is 10.1. The topological polar surface area (TPSA) is 112 Å². The van der Waals surface area contributed by atoms with Crippen LogP contribution in [-0.4, -0.2) is 26.6 Å². The van der Waals surface area contributed by atoms with Gasteiger partial charge in [-0.3, -0.25) is 10.1 Å². The lowest BCUT2D eigenvalue weighted by Gasteiger charge is -2.22. The highest BCUT2D eigenvalue weighted by atomic mass is 16.4. The molecule has 8 nitrogen and oxygen atoms in total. The highest BCUT2D eigenvalue weighted by molar-refractivity contribution is 5.89. The maximum Gasteiger partial charge on any atom is 0.250 e. The van der Waals surface area contributed by atoms with E-state index in [-0.39, 0.29) is 37.2 Å². The van der Waals surface area contributed by atoms with Crippen molar-refractivity contribution in [3.63, 3.8) is 0 Å². The van der Waals surface area contributed by atoms with E-state index < -0.39 is 5.97 Å². The molecule has 3 rings (SSSR count). The van der Waals surface area contributed by atoms with Crippen molar-refractivity contribution in [2.75, 3.05) is 10.6 Å². The van der Waals surface area contributed by atoms with E-state index in [0.717, 1.165) is 11.3 Å². The van der Waals surface area contributed by atoms with Gasteiger partial charge in [-0.15, -0.1) is 5.10 Å². The molecule has 1 aliphatic rings. The summed E-state index contributed by atoms with van der Waals surface area (Å²) in [5, 5.41) is 20.5. The van der Waals surface area contributed by atoms with Crippen LogP contribution < -0.4 is 15.7 Å². The van der Waals surface area contributed by atoms with Gasteiger partial charge in [0.2, 0.25) is 11.9 Å². The minimum atomic E-state index is -1.17. The van der Waals surface area contributed by atoms with Gasteiger partial charge in [-0.05, 0) is 31.4 Å². The molecule has 0 fully saturated rings. The Hall–Kier alpha value is -3.16. The number of fused-ring (bicyclic) bond motifs is 1. The second kappa shape index (κ2) is 7.16. The fourth-order valence-corrected chi connectivity index (χ4v) is 2.65. The highest BCUT2D eigenvalue weighted by Crippen LogP contribution is 2.29. The molecule has 0 bridgehead atoms. The number of hydrogen-bond donors (Lipinski definition) is 2. The Bertz CT molecular complexity index is 813. The van der Waals surface area contributed by atoms with Crippen molar-refractivity contribution < 1.29 is 14.7 Å². The van der Waals surface area contributed by atoms with E-state index in [2.05, 4.69) is 20.7 Å². The molecule has 1 aromatic carbocycles. The first-order chi connectivity index (χ1) is 12.0. The average molecular weight is 340 g/mol. The largest absolute Gasteiger partial charge is 0.550 e. The van der Waals surface area contributed by atoms with Gasteiger partial charge < -0.3 is 15.2 Å². The quantitative estimate of drug-likeness (QED) is 0.813. The van der Waals surface area contributed by atoms with Crippen molar-refractivity contribution in [2.45, 2.75) is 32.2 Å². The molecule has 1 aromatic heterocycles. The zero-order valence-corrected chi connectivity index (χ0v) is 13.7. The number of amides is 1. The van der Waals surface area contributed by atoms with E-state index in [9.17, 15) is 14.7 Å². The van der Waals surface area contributed by atoms with Crippen molar-refractivity contribution in [3.8, 4) is 0 Å². The van der Waals surface area contributed by atoms with E-state index in [0.29, 0.717) is 5.95 Å². The minimum absolute atomic E-state index is 0.0741. The number of carbonyl (C=O) groups is 2. The molecule has 0 spiro atoms. The maximum absolute atomic E-state index is 11.9. The Balaban J connectivity index is 1.74. The molecule has 0 saturated heterocycles. The lowest BCUT2D eigenvalue weighted by Crippen LogP contribution is -2.22. The van der Waals surface area contributed by atoms with Crippen molar-refractivity contribution in [2.24, 2.45) is 0 Å². The molecule has 130 valence electrons. The van der Waals surface area contributed by atoms with Gasteiger partial charge in [-0.1, -0.05) is 30.3 Å². The van der Waals surface area contributed by atoms with Gasteiger partial charge in [0.15, 0.2) is 0 Å². The van der Waals surface area contributed by atoms with Crippen molar-refractivity contribution >= 4 is 23.8 Å². The van der Waals surface area contributed by atoms with E-state index in [1.54, 1.807) is 4.68 Å². The molecule has 0 unspecified atom stereocenters. The number of benzene rings is 1. The van der Waals surface area contributed by atoms with Crippen molar-refractivity contribution in [1.82, 2.24) is 14.8 Å². The zero-order chi connectivity index (χ0) is 17.8. The van der Waals surface area contributed by atoms with E-state index in [1.165, 1.54) is 0 Å². The number of carboxylic acids is 1. The molecule has 8 heteroatoms. The third-order valence-electron chi connectivity index (χ3n) is 3.79. The average Bonchev–Trinajstić information content (AvgIpc) is 2.96. The number of nitrogens with one attached hydrogen (secondary N) is 2. The number of anilines is 2. The highest BCUT2D eigenvalue weighted by Gasteiger charge is 2.23. The summed E-state index contributed by atoms with van der Waals surface area (Å²) >= 11 is 0. The Morgan fingerprint density at radius 3 is 2.76 bits per heavy atom. The molecule has 0 saturated carbocycles. The number of aromatic nitrogens is 3. The molecule has 0 aliphatic carbocycles. The zero-order valence-electron chi connectivity index (χ0n) is 13.7. The molecule has 2 N–H and O–H groups in total. The van der Waals surface area contributed by atoms with Crippen LogP contribution in [0.15, 0.2) is 42.1 Å². The van der Waals surface area contributed by atoms with Gasteiger partial charge in [-0.25, -0.2) is 4.68 Å². The van der Waals surface area contributed by atoms with Gasteiger partial charge in [0.1, 0.15) is 6.04 Å². The van der Waals surface area contributed by atoms with Crippen molar-refractivity contribution in [1.29, 1.82) is 0 Å². The summed E-state index contributed by atoms with van der Waals surface area (Å²) in [6.45, 7) is 1.94. The van der Waals surface area contributed by atoms with Crippen LogP contribution in [0.25, 0.3) is 0 Å². The molecule has 2 heterocycles. The number of rotatable bonds is 6. The van der Waals surface area contributed by atoms with E-state index >= 15 is 0 Å². The molecule has 1 amide bonds. The number of carboxylic acid groups (broad SMARTS) is 1. The fraction of sp³-hybridized carbons (Fsp3) is 0.294. The van der Waals surface area contributed by atoms with Crippen LogP contribution in [0.4, 0.5) is 11.9 Å². The molecule has 1 atom stereocenters. The van der Waals surface area contributed by atoms with Crippen LogP contribution in [0, 0.1) is 0 Å². The standard InChI is InChI=1S/C17H19N5O3/c1-11-10-13(12-6-3-2-4-7-12)22-17(18-11)20-16(21-22)19-14(23)8-5-9-15(24)25/h2-4,6-7,10,13H,5,8-9H2,1H3,(H,24,25)(H2,18,19,20,21,23)/p-1/t13-/m0/s1. The van der Waals surface area contributed by atoms with Crippen LogP contribution in [-0.2, 0) is 9.59 Å². The molecular weight excluding hydrogens is 322 g/mol. The van der Waals surface area contributed by atoms with Gasteiger partial charge in [-0.2, -0.15) is 4.98 Å². The van der Waals surface area contributed by atoms with Crippen LogP contribution in [0.2, 0.25) is 0 Å². The molecule has 2 aromatic rings.